The van der Waals surface area contributed by atoms with Crippen molar-refractivity contribution >= 4 is 11.5 Å². The molecule has 2 N–H and O–H groups in total. The number of halogens is 1. The second-order valence-electron chi connectivity index (χ2n) is 3.42. The summed E-state index contributed by atoms with van der Waals surface area (Å²) < 4.78 is 14.4. The molecule has 0 amide bonds. The van der Waals surface area contributed by atoms with Crippen molar-refractivity contribution in [3.8, 4) is 0 Å². The van der Waals surface area contributed by atoms with Crippen molar-refractivity contribution in [3.05, 3.63) is 47.8 Å². The Bertz CT molecular complexity index is 548. The lowest BCUT2D eigenvalue weighted by molar-refractivity contribution is 0.102. The lowest BCUT2D eigenvalue weighted by Gasteiger charge is -2.04. The number of nitrogen functional groups attached to an aromatic ring is 1. The van der Waals surface area contributed by atoms with Crippen LogP contribution in [0.1, 0.15) is 16.2 Å². The lowest BCUT2D eigenvalue weighted by Crippen LogP contribution is -2.11. The molecule has 0 aliphatic rings. The maximum Gasteiger partial charge on any atom is 0.230 e. The van der Waals surface area contributed by atoms with Gasteiger partial charge in [0.1, 0.15) is 5.82 Å². The molecule has 0 saturated heterocycles. The van der Waals surface area contributed by atoms with Crippen molar-refractivity contribution in [2.24, 2.45) is 7.05 Å². The van der Waals surface area contributed by atoms with Crippen LogP contribution in [0.25, 0.3) is 0 Å². The molecule has 0 radical (unpaired) electrons. The van der Waals surface area contributed by atoms with E-state index in [0.717, 1.165) is 6.07 Å². The average molecular weight is 219 g/mol. The number of aromatic nitrogens is 2. The largest absolute Gasteiger partial charge is 0.398 e. The van der Waals surface area contributed by atoms with E-state index in [-0.39, 0.29) is 22.9 Å². The maximum absolute atomic E-state index is 12.8. The Hall–Kier alpha value is -2.17. The Kier molecular flexibility index (Phi) is 2.44. The molecule has 0 fully saturated rings. The molecule has 2 rings (SSSR count). The molecule has 0 bridgehead atoms. The molecular weight excluding hydrogens is 209 g/mol. The van der Waals surface area contributed by atoms with Crippen LogP contribution in [0.5, 0.6) is 0 Å². The van der Waals surface area contributed by atoms with E-state index in [9.17, 15) is 9.18 Å². The number of ketones is 1. The van der Waals surface area contributed by atoms with Crippen molar-refractivity contribution in [2.75, 3.05) is 5.73 Å². The molecular formula is C11H10FN3O. The number of hydrogen-bond acceptors (Lipinski definition) is 3. The molecule has 1 aromatic heterocycles. The van der Waals surface area contributed by atoms with Crippen molar-refractivity contribution in [1.82, 2.24) is 9.55 Å². The van der Waals surface area contributed by atoms with Gasteiger partial charge in [0, 0.05) is 30.7 Å². The predicted octanol–water partition coefficient (Wildman–Crippen LogP) is 1.37. The third-order valence-corrected chi connectivity index (χ3v) is 2.28. The highest BCUT2D eigenvalue weighted by molar-refractivity contribution is 6.10. The van der Waals surface area contributed by atoms with Gasteiger partial charge in [0.2, 0.25) is 5.78 Å². The molecule has 0 aliphatic carbocycles. The molecule has 1 aromatic carbocycles. The van der Waals surface area contributed by atoms with Crippen LogP contribution in [-0.2, 0) is 7.05 Å². The van der Waals surface area contributed by atoms with Crippen molar-refractivity contribution in [3.63, 3.8) is 0 Å². The van der Waals surface area contributed by atoms with Gasteiger partial charge in [-0.15, -0.1) is 0 Å². The summed E-state index contributed by atoms with van der Waals surface area (Å²) >= 11 is 0. The van der Waals surface area contributed by atoms with Gasteiger partial charge in [-0.3, -0.25) is 4.79 Å². The van der Waals surface area contributed by atoms with Gasteiger partial charge in [-0.2, -0.15) is 0 Å². The lowest BCUT2D eigenvalue weighted by atomic mass is 10.1. The van der Waals surface area contributed by atoms with Gasteiger partial charge in [0.25, 0.3) is 0 Å². The van der Waals surface area contributed by atoms with Crippen molar-refractivity contribution in [1.29, 1.82) is 0 Å². The SMILES string of the molecule is Cn1ccnc1C(=O)c1ccc(F)cc1N. The van der Waals surface area contributed by atoms with E-state index in [1.807, 2.05) is 0 Å². The minimum atomic E-state index is -0.464. The predicted molar refractivity (Wildman–Crippen MR) is 57.5 cm³/mol. The van der Waals surface area contributed by atoms with Crippen molar-refractivity contribution < 1.29 is 9.18 Å². The topological polar surface area (TPSA) is 60.9 Å². The zero-order chi connectivity index (χ0) is 11.7. The first-order valence-electron chi connectivity index (χ1n) is 4.66. The van der Waals surface area contributed by atoms with E-state index >= 15 is 0 Å². The van der Waals surface area contributed by atoms with Crippen LogP contribution < -0.4 is 5.73 Å². The summed E-state index contributed by atoms with van der Waals surface area (Å²) in [5.74, 6) is -0.503. The van der Waals surface area contributed by atoms with Gasteiger partial charge in [0.05, 0.1) is 0 Å². The number of nitrogens with zero attached hydrogens (tertiary/aromatic N) is 2. The molecule has 5 heteroatoms. The van der Waals surface area contributed by atoms with Gasteiger partial charge in [-0.25, -0.2) is 9.37 Å². The van der Waals surface area contributed by atoms with Crippen LogP contribution in [0, 0.1) is 5.82 Å². The summed E-state index contributed by atoms with van der Waals surface area (Å²) in [6.45, 7) is 0. The van der Waals surface area contributed by atoms with Gasteiger partial charge >= 0.3 is 0 Å². The summed E-state index contributed by atoms with van der Waals surface area (Å²) in [5.41, 5.74) is 5.96. The van der Waals surface area contributed by atoms with E-state index in [1.54, 1.807) is 17.8 Å². The number of aryl methyl sites for hydroxylation is 1. The normalized spacial score (nSPS) is 10.4. The molecule has 0 saturated carbocycles. The molecule has 4 nitrogen and oxygen atoms in total. The van der Waals surface area contributed by atoms with E-state index < -0.39 is 5.82 Å². The third-order valence-electron chi connectivity index (χ3n) is 2.28. The number of anilines is 1. The number of nitrogens with two attached hydrogens (primary N) is 1. The summed E-state index contributed by atoms with van der Waals surface area (Å²) in [6, 6.07) is 3.68. The maximum atomic E-state index is 12.8. The van der Waals surface area contributed by atoms with Crippen LogP contribution in [0.4, 0.5) is 10.1 Å². The second-order valence-corrected chi connectivity index (χ2v) is 3.42. The van der Waals surface area contributed by atoms with Crippen LogP contribution in [0.2, 0.25) is 0 Å². The summed E-state index contributed by atoms with van der Waals surface area (Å²) in [4.78, 5) is 15.9. The minimum Gasteiger partial charge on any atom is -0.398 e. The van der Waals surface area contributed by atoms with Crippen molar-refractivity contribution in [2.45, 2.75) is 0 Å². The third kappa shape index (κ3) is 1.67. The zero-order valence-electron chi connectivity index (χ0n) is 8.64. The molecule has 0 spiro atoms. The average Bonchev–Trinajstić information content (AvgIpc) is 2.63. The molecule has 2 aromatic rings. The highest BCUT2D eigenvalue weighted by atomic mass is 19.1. The Morgan fingerprint density at radius 1 is 1.50 bits per heavy atom. The first-order valence-corrected chi connectivity index (χ1v) is 4.66. The number of hydrogen-bond donors (Lipinski definition) is 1. The van der Waals surface area contributed by atoms with Crippen LogP contribution in [0.15, 0.2) is 30.6 Å². The summed E-state index contributed by atoms with van der Waals surface area (Å²) in [5, 5.41) is 0. The Balaban J connectivity index is 2.46. The quantitative estimate of drug-likeness (QED) is 0.613. The summed E-state index contributed by atoms with van der Waals surface area (Å²) in [6.07, 6.45) is 3.18. The number of benzene rings is 1. The Morgan fingerprint density at radius 3 is 2.81 bits per heavy atom. The van der Waals surface area contributed by atoms with Crippen LogP contribution in [0.3, 0.4) is 0 Å². The minimum absolute atomic E-state index is 0.119. The standard InChI is InChI=1S/C11H10FN3O/c1-15-5-4-14-11(15)10(16)8-3-2-7(12)6-9(8)13/h2-6H,13H2,1H3. The highest BCUT2D eigenvalue weighted by Gasteiger charge is 2.16. The van der Waals surface area contributed by atoms with Crippen LogP contribution >= 0.6 is 0 Å². The molecule has 16 heavy (non-hydrogen) atoms. The zero-order valence-corrected chi connectivity index (χ0v) is 8.64. The molecule has 82 valence electrons. The van der Waals surface area contributed by atoms with E-state index in [1.165, 1.54) is 18.3 Å². The van der Waals surface area contributed by atoms with Gasteiger partial charge in [0.15, 0.2) is 5.82 Å². The first-order chi connectivity index (χ1) is 7.59. The Labute approximate surface area is 91.5 Å². The van der Waals surface area contributed by atoms with Gasteiger partial charge in [-0.05, 0) is 18.2 Å². The fraction of sp³-hybridized carbons (Fsp3) is 0.0909. The number of rotatable bonds is 2. The Morgan fingerprint density at radius 2 is 2.25 bits per heavy atom. The first kappa shape index (κ1) is 10.4. The molecule has 0 unspecified atom stereocenters. The molecule has 0 aliphatic heterocycles. The summed E-state index contributed by atoms with van der Waals surface area (Å²) in [7, 11) is 1.71. The van der Waals surface area contributed by atoms with Gasteiger partial charge < -0.3 is 10.3 Å². The highest BCUT2D eigenvalue weighted by Crippen LogP contribution is 2.16. The van der Waals surface area contributed by atoms with E-state index in [0.29, 0.717) is 0 Å². The fourth-order valence-corrected chi connectivity index (χ4v) is 1.45. The van der Waals surface area contributed by atoms with Crippen LogP contribution in [-0.4, -0.2) is 15.3 Å². The van der Waals surface area contributed by atoms with E-state index in [2.05, 4.69) is 4.98 Å². The number of imidazole rings is 1. The smallest absolute Gasteiger partial charge is 0.230 e. The van der Waals surface area contributed by atoms with Gasteiger partial charge in [-0.1, -0.05) is 0 Å². The molecule has 0 atom stereocenters. The second kappa shape index (κ2) is 3.77. The number of carbonyl (C=O) groups excluding carboxylic acids is 1. The number of carbonyl (C=O) groups is 1. The molecule has 1 heterocycles. The fourth-order valence-electron chi connectivity index (χ4n) is 1.45. The van der Waals surface area contributed by atoms with E-state index in [4.69, 9.17) is 5.73 Å². The monoisotopic (exact) mass is 219 g/mol.